The molecule has 0 aromatic heterocycles. The van der Waals surface area contributed by atoms with Gasteiger partial charge < -0.3 is 15.7 Å². The number of sulfonamides is 1. The molecule has 7 nitrogen and oxygen atoms in total. The Balaban J connectivity index is 1.74. The molecule has 2 unspecified atom stereocenters. The van der Waals surface area contributed by atoms with Gasteiger partial charge in [-0.2, -0.15) is 0 Å². The van der Waals surface area contributed by atoms with Gasteiger partial charge in [0.25, 0.3) is 5.91 Å². The Bertz CT molecular complexity index is 1360. The van der Waals surface area contributed by atoms with E-state index in [0.29, 0.717) is 19.5 Å². The summed E-state index contributed by atoms with van der Waals surface area (Å²) < 4.78 is 54.3. The van der Waals surface area contributed by atoms with Crippen LogP contribution in [0.25, 0.3) is 0 Å². The summed E-state index contributed by atoms with van der Waals surface area (Å²) in [6.45, 7) is 4.91. The van der Waals surface area contributed by atoms with Crippen LogP contribution in [0.5, 0.6) is 0 Å². The van der Waals surface area contributed by atoms with E-state index in [2.05, 4.69) is 23.6 Å². The summed E-state index contributed by atoms with van der Waals surface area (Å²) >= 11 is 0. The highest BCUT2D eigenvalue weighted by atomic mass is 32.2. The number of aliphatic hydroxyl groups is 1. The fourth-order valence-electron chi connectivity index (χ4n) is 4.38. The SMILES string of the molecule is CCCN(C)S(=O)(=O)c1ccc(C(=O)NC(Cc2cc(F)cc(F)c2)C(O)CNCc2cccc(CC)c2)cc1. The normalized spacial score (nSPS) is 13.3. The van der Waals surface area contributed by atoms with Crippen molar-refractivity contribution in [1.29, 1.82) is 0 Å². The molecule has 0 spiro atoms. The van der Waals surface area contributed by atoms with Crippen LogP contribution < -0.4 is 10.6 Å². The van der Waals surface area contributed by atoms with Crippen LogP contribution in [0.1, 0.15) is 47.3 Å². The lowest BCUT2D eigenvalue weighted by Crippen LogP contribution is -2.48. The number of hydrogen-bond acceptors (Lipinski definition) is 5. The average Bonchev–Trinajstić information content (AvgIpc) is 2.92. The van der Waals surface area contributed by atoms with Crippen molar-refractivity contribution in [1.82, 2.24) is 14.9 Å². The second-order valence-corrected chi connectivity index (χ2v) is 11.8. The van der Waals surface area contributed by atoms with Gasteiger partial charge in [-0.3, -0.25) is 4.79 Å². The number of amides is 1. The first-order valence-electron chi connectivity index (χ1n) is 13.3. The van der Waals surface area contributed by atoms with Crippen LogP contribution in [0.3, 0.4) is 0 Å². The van der Waals surface area contributed by atoms with Crippen LogP contribution in [-0.4, -0.2) is 56.0 Å². The summed E-state index contributed by atoms with van der Waals surface area (Å²) in [6.07, 6.45) is 0.446. The molecule has 0 bridgehead atoms. The molecule has 2 atom stereocenters. The molecule has 1 amide bonds. The number of hydrogen-bond donors (Lipinski definition) is 3. The predicted octanol–water partition coefficient (Wildman–Crippen LogP) is 4.05. The quantitative estimate of drug-likeness (QED) is 0.270. The van der Waals surface area contributed by atoms with E-state index in [1.807, 2.05) is 25.1 Å². The maximum atomic E-state index is 13.8. The Morgan fingerprint density at radius 3 is 2.23 bits per heavy atom. The van der Waals surface area contributed by atoms with Crippen molar-refractivity contribution >= 4 is 15.9 Å². The van der Waals surface area contributed by atoms with Crippen LogP contribution in [-0.2, 0) is 29.4 Å². The van der Waals surface area contributed by atoms with Gasteiger partial charge in [-0.15, -0.1) is 0 Å². The summed E-state index contributed by atoms with van der Waals surface area (Å²) in [5, 5.41) is 16.9. The van der Waals surface area contributed by atoms with Gasteiger partial charge >= 0.3 is 0 Å². The number of carbonyl (C=O) groups excluding carboxylic acids is 1. The van der Waals surface area contributed by atoms with E-state index in [-0.39, 0.29) is 29.0 Å². The zero-order chi connectivity index (χ0) is 29.3. The minimum absolute atomic E-state index is 0.0249. The molecule has 0 fully saturated rings. The summed E-state index contributed by atoms with van der Waals surface area (Å²) in [6, 6.07) is 15.7. The first kappa shape index (κ1) is 31.3. The highest BCUT2D eigenvalue weighted by Gasteiger charge is 2.24. The third kappa shape index (κ3) is 8.66. The van der Waals surface area contributed by atoms with Crippen LogP contribution in [0.2, 0.25) is 0 Å². The van der Waals surface area contributed by atoms with Gasteiger partial charge in [0, 0.05) is 38.3 Å². The maximum Gasteiger partial charge on any atom is 0.251 e. The zero-order valence-corrected chi connectivity index (χ0v) is 23.8. The molecule has 3 N–H and O–H groups in total. The lowest BCUT2D eigenvalue weighted by Gasteiger charge is -2.25. The molecule has 0 saturated carbocycles. The smallest absolute Gasteiger partial charge is 0.251 e. The number of benzene rings is 3. The third-order valence-electron chi connectivity index (χ3n) is 6.60. The molecule has 0 radical (unpaired) electrons. The monoisotopic (exact) mass is 573 g/mol. The molecule has 40 heavy (non-hydrogen) atoms. The van der Waals surface area contributed by atoms with E-state index >= 15 is 0 Å². The number of rotatable bonds is 14. The molecule has 0 heterocycles. The number of aliphatic hydroxyl groups excluding tert-OH is 1. The van der Waals surface area contributed by atoms with E-state index in [0.717, 1.165) is 30.2 Å². The number of nitrogens with one attached hydrogen (secondary N) is 2. The van der Waals surface area contributed by atoms with Gasteiger partial charge in [0.1, 0.15) is 11.6 Å². The summed E-state index contributed by atoms with van der Waals surface area (Å²) in [5.41, 5.74) is 2.69. The lowest BCUT2D eigenvalue weighted by molar-refractivity contribution is 0.0829. The largest absolute Gasteiger partial charge is 0.390 e. The van der Waals surface area contributed by atoms with Crippen molar-refractivity contribution in [3.8, 4) is 0 Å². The van der Waals surface area contributed by atoms with Gasteiger partial charge in [-0.25, -0.2) is 21.5 Å². The lowest BCUT2D eigenvalue weighted by atomic mass is 10.00. The number of aryl methyl sites for hydroxylation is 1. The minimum Gasteiger partial charge on any atom is -0.390 e. The van der Waals surface area contributed by atoms with Gasteiger partial charge in [0.2, 0.25) is 10.0 Å². The van der Waals surface area contributed by atoms with Gasteiger partial charge in [0.15, 0.2) is 0 Å². The van der Waals surface area contributed by atoms with E-state index in [1.54, 1.807) is 0 Å². The molecule has 3 aromatic rings. The molecule has 10 heteroatoms. The fourth-order valence-corrected chi connectivity index (χ4v) is 5.64. The number of halogens is 2. The van der Waals surface area contributed by atoms with Crippen molar-refractivity contribution in [2.75, 3.05) is 20.1 Å². The topological polar surface area (TPSA) is 98.7 Å². The van der Waals surface area contributed by atoms with Crippen LogP contribution in [0, 0.1) is 11.6 Å². The van der Waals surface area contributed by atoms with Crippen molar-refractivity contribution in [2.24, 2.45) is 0 Å². The first-order chi connectivity index (χ1) is 19.0. The van der Waals surface area contributed by atoms with Gasteiger partial charge in [-0.1, -0.05) is 38.1 Å². The standard InChI is InChI=1S/C30H37F2N3O4S/c1-4-13-35(3)40(38,39)27-11-9-24(10-12-27)30(37)34-28(17-23-15-25(31)18-26(32)16-23)29(36)20-33-19-22-8-6-7-21(5-2)14-22/h6-12,14-16,18,28-29,33,36H,4-5,13,17,19-20H2,1-3H3,(H,34,37). The van der Waals surface area contributed by atoms with E-state index in [9.17, 15) is 27.1 Å². The Labute approximate surface area is 235 Å². The fraction of sp³-hybridized carbons (Fsp3) is 0.367. The predicted molar refractivity (Wildman–Crippen MR) is 151 cm³/mol. The van der Waals surface area contributed by atoms with Crippen molar-refractivity contribution < 1.29 is 27.1 Å². The van der Waals surface area contributed by atoms with E-state index < -0.39 is 39.7 Å². The molecule has 216 valence electrons. The second-order valence-electron chi connectivity index (χ2n) is 9.78. The Kier molecular flexibility index (Phi) is 11.3. The summed E-state index contributed by atoms with van der Waals surface area (Å²) in [4.78, 5) is 13.2. The number of nitrogens with zero attached hydrogens (tertiary/aromatic N) is 1. The summed E-state index contributed by atoms with van der Waals surface area (Å²) in [7, 11) is -2.19. The molecular formula is C30H37F2N3O4S. The minimum atomic E-state index is -3.68. The van der Waals surface area contributed by atoms with Crippen LogP contribution in [0.4, 0.5) is 8.78 Å². The van der Waals surface area contributed by atoms with Crippen molar-refractivity contribution in [3.05, 3.63) is 101 Å². The zero-order valence-electron chi connectivity index (χ0n) is 23.0. The first-order valence-corrected chi connectivity index (χ1v) is 14.8. The molecule has 3 aromatic carbocycles. The average molecular weight is 574 g/mol. The third-order valence-corrected chi connectivity index (χ3v) is 8.48. The van der Waals surface area contributed by atoms with Crippen LogP contribution >= 0.6 is 0 Å². The van der Waals surface area contributed by atoms with E-state index in [1.165, 1.54) is 41.2 Å². The molecule has 3 rings (SSSR count). The van der Waals surface area contributed by atoms with Gasteiger partial charge in [0.05, 0.1) is 17.0 Å². The highest BCUT2D eigenvalue weighted by Crippen LogP contribution is 2.17. The van der Waals surface area contributed by atoms with E-state index in [4.69, 9.17) is 0 Å². The summed E-state index contributed by atoms with van der Waals surface area (Å²) in [5.74, 6) is -2.07. The van der Waals surface area contributed by atoms with Crippen molar-refractivity contribution in [2.45, 2.75) is 56.7 Å². The number of carbonyl (C=O) groups is 1. The van der Waals surface area contributed by atoms with Crippen molar-refractivity contribution in [3.63, 3.8) is 0 Å². The molecule has 0 aliphatic heterocycles. The Hall–Kier alpha value is -3.18. The van der Waals surface area contributed by atoms with Gasteiger partial charge in [-0.05, 0) is 72.4 Å². The Morgan fingerprint density at radius 1 is 0.950 bits per heavy atom. The molecule has 0 aliphatic carbocycles. The molecule has 0 saturated heterocycles. The highest BCUT2D eigenvalue weighted by molar-refractivity contribution is 7.89. The molecule has 0 aliphatic rings. The Morgan fingerprint density at radius 2 is 1.60 bits per heavy atom. The second kappa shape index (κ2) is 14.5. The molecular weight excluding hydrogens is 536 g/mol. The van der Waals surface area contributed by atoms with Crippen LogP contribution in [0.15, 0.2) is 71.6 Å². The maximum absolute atomic E-state index is 13.8.